The van der Waals surface area contributed by atoms with E-state index >= 15 is 0 Å². The molecule has 0 spiro atoms. The van der Waals surface area contributed by atoms with Gasteiger partial charge >= 0.3 is 0 Å². The summed E-state index contributed by atoms with van der Waals surface area (Å²) < 4.78 is 26.8. The summed E-state index contributed by atoms with van der Waals surface area (Å²) in [5, 5.41) is 6.91. The van der Waals surface area contributed by atoms with Gasteiger partial charge in [0.05, 0.1) is 28.9 Å². The lowest BCUT2D eigenvalue weighted by Gasteiger charge is -2.35. The number of carbonyl (C=O) groups is 1. The van der Waals surface area contributed by atoms with Gasteiger partial charge in [0.15, 0.2) is 0 Å². The Morgan fingerprint density at radius 3 is 2.41 bits per heavy atom. The van der Waals surface area contributed by atoms with Gasteiger partial charge in [0, 0.05) is 57.9 Å². The molecule has 10 heteroatoms. The standard InChI is InChI=1S/C24H35N5O3S.ClH/c1-6-11-26-22-19(24(30)28(3)4)16-17(2)21(23(22)29-14-12-25-13-15-29)18-9-7-8-10-20(18)27-33(5,31)32;/h7-10,16,25-27H,6,11-15H2,1-5H3;1H. The molecule has 0 aliphatic carbocycles. The van der Waals surface area contributed by atoms with Gasteiger partial charge in [0.25, 0.3) is 5.91 Å². The van der Waals surface area contributed by atoms with Crippen LogP contribution in [-0.2, 0) is 10.0 Å². The summed E-state index contributed by atoms with van der Waals surface area (Å²) in [6.07, 6.45) is 2.06. The first kappa shape index (κ1) is 27.8. The molecule has 0 atom stereocenters. The molecule has 2 aromatic rings. The molecule has 188 valence electrons. The van der Waals surface area contributed by atoms with Gasteiger partial charge in [-0.2, -0.15) is 0 Å². The van der Waals surface area contributed by atoms with Gasteiger partial charge in [-0.05, 0) is 31.0 Å². The maximum atomic E-state index is 13.2. The highest BCUT2D eigenvalue weighted by atomic mass is 35.5. The number of nitrogens with one attached hydrogen (secondary N) is 3. The summed E-state index contributed by atoms with van der Waals surface area (Å²) in [5.41, 5.74) is 5.52. The molecule has 1 fully saturated rings. The van der Waals surface area contributed by atoms with Crippen LogP contribution in [0.4, 0.5) is 17.1 Å². The van der Waals surface area contributed by atoms with E-state index in [1.807, 2.05) is 31.2 Å². The summed E-state index contributed by atoms with van der Waals surface area (Å²) in [5.74, 6) is -0.0674. The molecule has 1 aliphatic rings. The number of carbonyl (C=O) groups excluding carboxylic acids is 1. The third-order valence-corrected chi connectivity index (χ3v) is 6.20. The Bertz CT molecular complexity index is 1120. The summed E-state index contributed by atoms with van der Waals surface area (Å²) in [7, 11) is 0.0445. The van der Waals surface area contributed by atoms with Crippen LogP contribution in [0.3, 0.4) is 0 Å². The van der Waals surface area contributed by atoms with E-state index in [4.69, 9.17) is 0 Å². The van der Waals surface area contributed by atoms with Crippen LogP contribution < -0.4 is 20.3 Å². The number of hydrogen-bond donors (Lipinski definition) is 3. The molecule has 8 nitrogen and oxygen atoms in total. The Morgan fingerprint density at radius 1 is 1.18 bits per heavy atom. The Hall–Kier alpha value is -2.49. The highest BCUT2D eigenvalue weighted by Crippen LogP contribution is 2.45. The average Bonchev–Trinajstić information content (AvgIpc) is 2.77. The van der Waals surface area contributed by atoms with Crippen molar-refractivity contribution in [1.82, 2.24) is 10.2 Å². The van der Waals surface area contributed by atoms with Gasteiger partial charge in [0.2, 0.25) is 10.0 Å². The van der Waals surface area contributed by atoms with Crippen molar-refractivity contribution in [3.8, 4) is 11.1 Å². The van der Waals surface area contributed by atoms with Gasteiger partial charge in [-0.15, -0.1) is 12.4 Å². The van der Waals surface area contributed by atoms with E-state index in [9.17, 15) is 13.2 Å². The zero-order valence-electron chi connectivity index (χ0n) is 20.6. The normalized spacial score (nSPS) is 13.7. The average molecular weight is 510 g/mol. The Labute approximate surface area is 209 Å². The van der Waals surface area contributed by atoms with Crippen molar-refractivity contribution in [3.63, 3.8) is 0 Å². The highest BCUT2D eigenvalue weighted by molar-refractivity contribution is 7.92. The number of benzene rings is 2. The zero-order valence-corrected chi connectivity index (χ0v) is 22.2. The van der Waals surface area contributed by atoms with Crippen LogP contribution in [0.5, 0.6) is 0 Å². The van der Waals surface area contributed by atoms with Crippen LogP contribution in [0.2, 0.25) is 0 Å². The van der Waals surface area contributed by atoms with Crippen molar-refractivity contribution in [2.45, 2.75) is 20.3 Å². The Kier molecular flexibility index (Phi) is 9.61. The van der Waals surface area contributed by atoms with E-state index in [-0.39, 0.29) is 18.3 Å². The van der Waals surface area contributed by atoms with Crippen LogP contribution in [0.1, 0.15) is 29.3 Å². The number of para-hydroxylation sites is 1. The molecule has 2 aromatic carbocycles. The van der Waals surface area contributed by atoms with Crippen molar-refractivity contribution in [2.75, 3.05) is 68.0 Å². The predicted octanol–water partition coefficient (Wildman–Crippen LogP) is 3.39. The topological polar surface area (TPSA) is 93.8 Å². The van der Waals surface area contributed by atoms with Gasteiger partial charge in [-0.25, -0.2) is 8.42 Å². The molecule has 0 unspecified atom stereocenters. The first-order chi connectivity index (χ1) is 15.6. The molecule has 0 radical (unpaired) electrons. The summed E-state index contributed by atoms with van der Waals surface area (Å²) >= 11 is 0. The minimum absolute atomic E-state index is 0. The fourth-order valence-electron chi connectivity index (χ4n) is 4.17. The number of halogens is 1. The van der Waals surface area contributed by atoms with Crippen molar-refractivity contribution in [3.05, 3.63) is 41.5 Å². The molecule has 34 heavy (non-hydrogen) atoms. The van der Waals surface area contributed by atoms with Crippen molar-refractivity contribution >= 4 is 45.4 Å². The van der Waals surface area contributed by atoms with E-state index in [1.54, 1.807) is 25.1 Å². The van der Waals surface area contributed by atoms with Crippen molar-refractivity contribution in [2.24, 2.45) is 0 Å². The van der Waals surface area contributed by atoms with Gasteiger partial charge in [0.1, 0.15) is 0 Å². The maximum Gasteiger partial charge on any atom is 0.255 e. The summed E-state index contributed by atoms with van der Waals surface area (Å²) in [4.78, 5) is 17.1. The van der Waals surface area contributed by atoms with Gasteiger partial charge < -0.3 is 20.4 Å². The first-order valence-corrected chi connectivity index (χ1v) is 13.2. The second kappa shape index (κ2) is 11.8. The van der Waals surface area contributed by atoms with Gasteiger partial charge in [-0.3, -0.25) is 9.52 Å². The van der Waals surface area contributed by atoms with E-state index in [0.29, 0.717) is 11.3 Å². The van der Waals surface area contributed by atoms with Gasteiger partial charge in [-0.1, -0.05) is 25.1 Å². The largest absolute Gasteiger partial charge is 0.383 e. The second-order valence-electron chi connectivity index (χ2n) is 8.62. The maximum absolute atomic E-state index is 13.2. The number of sulfonamides is 1. The van der Waals surface area contributed by atoms with Crippen LogP contribution in [0, 0.1) is 6.92 Å². The number of aryl methyl sites for hydroxylation is 1. The van der Waals surface area contributed by atoms with E-state index < -0.39 is 10.0 Å². The van der Waals surface area contributed by atoms with Crippen LogP contribution >= 0.6 is 12.4 Å². The molecule has 1 heterocycles. The summed E-state index contributed by atoms with van der Waals surface area (Å²) in [6, 6.07) is 9.34. The fraction of sp³-hybridized carbons (Fsp3) is 0.458. The number of rotatable bonds is 8. The molecular formula is C24H36ClN5O3S. The lowest BCUT2D eigenvalue weighted by molar-refractivity contribution is 0.0828. The lowest BCUT2D eigenvalue weighted by Crippen LogP contribution is -2.44. The third kappa shape index (κ3) is 6.34. The van der Waals surface area contributed by atoms with E-state index in [0.717, 1.165) is 73.5 Å². The quantitative estimate of drug-likeness (QED) is 0.505. The fourth-order valence-corrected chi connectivity index (χ4v) is 4.75. The molecular weight excluding hydrogens is 474 g/mol. The monoisotopic (exact) mass is 509 g/mol. The molecule has 3 rings (SSSR count). The van der Waals surface area contributed by atoms with E-state index in [2.05, 4.69) is 27.2 Å². The van der Waals surface area contributed by atoms with Crippen LogP contribution in [0.25, 0.3) is 11.1 Å². The molecule has 1 aliphatic heterocycles. The first-order valence-electron chi connectivity index (χ1n) is 11.3. The molecule has 1 amide bonds. The van der Waals surface area contributed by atoms with Crippen molar-refractivity contribution < 1.29 is 13.2 Å². The third-order valence-electron chi connectivity index (χ3n) is 5.61. The minimum atomic E-state index is -3.47. The van der Waals surface area contributed by atoms with Crippen molar-refractivity contribution in [1.29, 1.82) is 0 Å². The minimum Gasteiger partial charge on any atom is -0.383 e. The highest BCUT2D eigenvalue weighted by Gasteiger charge is 2.27. The predicted molar refractivity (Wildman–Crippen MR) is 144 cm³/mol. The number of amides is 1. The molecule has 1 saturated heterocycles. The Balaban J connectivity index is 0.00000408. The van der Waals surface area contributed by atoms with E-state index in [1.165, 1.54) is 0 Å². The van der Waals surface area contributed by atoms with Crippen LogP contribution in [0.15, 0.2) is 30.3 Å². The number of hydrogen-bond acceptors (Lipinski definition) is 6. The summed E-state index contributed by atoms with van der Waals surface area (Å²) in [6.45, 7) is 8.03. The number of nitrogens with zero attached hydrogens (tertiary/aromatic N) is 2. The second-order valence-corrected chi connectivity index (χ2v) is 10.4. The molecule has 3 N–H and O–H groups in total. The van der Waals surface area contributed by atoms with Crippen LogP contribution in [-0.4, -0.2) is 72.3 Å². The number of anilines is 3. The Morgan fingerprint density at radius 2 is 1.82 bits per heavy atom. The zero-order chi connectivity index (χ0) is 24.2. The lowest BCUT2D eigenvalue weighted by atomic mass is 9.91. The number of piperazine rings is 1. The molecule has 0 bridgehead atoms. The molecule has 0 aromatic heterocycles. The molecule has 0 saturated carbocycles. The SMILES string of the molecule is CCCNc1c(C(=O)N(C)C)cc(C)c(-c2ccccc2NS(C)(=O)=O)c1N1CCNCC1.Cl. The smallest absolute Gasteiger partial charge is 0.255 e.